The number of H-pyrrole nitrogens is 1. The van der Waals surface area contributed by atoms with Gasteiger partial charge in [-0.05, 0) is 24.5 Å². The molecule has 0 radical (unpaired) electrons. The van der Waals surface area contributed by atoms with Gasteiger partial charge in [0.05, 0.1) is 5.69 Å². The molecule has 0 spiro atoms. The molecular formula is C17H22N4O. The first kappa shape index (κ1) is 14.8. The van der Waals surface area contributed by atoms with Crippen molar-refractivity contribution >= 4 is 11.7 Å². The van der Waals surface area contributed by atoms with Gasteiger partial charge in [0, 0.05) is 30.4 Å². The number of nitrogens with zero attached hydrogens (tertiary/aromatic N) is 2. The number of hydrogen-bond acceptors (Lipinski definition) is 3. The van der Waals surface area contributed by atoms with Crippen molar-refractivity contribution in [2.75, 3.05) is 5.32 Å². The van der Waals surface area contributed by atoms with Crippen molar-refractivity contribution in [3.63, 3.8) is 0 Å². The van der Waals surface area contributed by atoms with Crippen LogP contribution in [0.15, 0.2) is 30.6 Å². The number of anilines is 1. The van der Waals surface area contributed by atoms with Crippen LogP contribution in [-0.4, -0.2) is 21.1 Å². The second-order valence-electron chi connectivity index (χ2n) is 5.99. The predicted octanol–water partition coefficient (Wildman–Crippen LogP) is 3.77. The Balaban J connectivity index is 1.50. The normalized spacial score (nSPS) is 15.6. The van der Waals surface area contributed by atoms with E-state index < -0.39 is 0 Å². The molecule has 0 aromatic carbocycles. The Labute approximate surface area is 130 Å². The summed E-state index contributed by atoms with van der Waals surface area (Å²) in [5, 5.41) is 9.97. The SMILES string of the molecule is O=C(CCC1CCCCC1)Nc1cc(-c2ccncc2)[nH]n1. The Kier molecular flexibility index (Phi) is 4.83. The first-order valence-corrected chi connectivity index (χ1v) is 8.07. The molecule has 2 heterocycles. The fourth-order valence-corrected chi connectivity index (χ4v) is 3.08. The molecule has 2 N–H and O–H groups in total. The molecule has 3 rings (SSSR count). The summed E-state index contributed by atoms with van der Waals surface area (Å²) < 4.78 is 0. The van der Waals surface area contributed by atoms with Crippen molar-refractivity contribution < 1.29 is 4.79 Å². The number of amides is 1. The molecule has 1 aliphatic rings. The van der Waals surface area contributed by atoms with Crippen LogP contribution in [0.25, 0.3) is 11.3 Å². The molecule has 0 saturated heterocycles. The lowest BCUT2D eigenvalue weighted by Gasteiger charge is -2.20. The van der Waals surface area contributed by atoms with E-state index in [4.69, 9.17) is 0 Å². The Morgan fingerprint density at radius 3 is 2.77 bits per heavy atom. The van der Waals surface area contributed by atoms with E-state index in [1.54, 1.807) is 12.4 Å². The second-order valence-corrected chi connectivity index (χ2v) is 5.99. The minimum absolute atomic E-state index is 0.0540. The largest absolute Gasteiger partial charge is 0.309 e. The Bertz CT molecular complexity index is 602. The van der Waals surface area contributed by atoms with Crippen LogP contribution >= 0.6 is 0 Å². The van der Waals surface area contributed by atoms with Gasteiger partial charge in [-0.1, -0.05) is 32.1 Å². The topological polar surface area (TPSA) is 70.7 Å². The van der Waals surface area contributed by atoms with Crippen molar-refractivity contribution in [1.29, 1.82) is 0 Å². The number of rotatable bonds is 5. The van der Waals surface area contributed by atoms with Crippen molar-refractivity contribution in [2.45, 2.75) is 44.9 Å². The molecule has 0 bridgehead atoms. The number of carbonyl (C=O) groups excluding carboxylic acids is 1. The van der Waals surface area contributed by atoms with E-state index in [2.05, 4.69) is 20.5 Å². The van der Waals surface area contributed by atoms with Gasteiger partial charge in [0.1, 0.15) is 0 Å². The summed E-state index contributed by atoms with van der Waals surface area (Å²) in [6.07, 6.45) is 11.6. The second kappa shape index (κ2) is 7.20. The van der Waals surface area contributed by atoms with Crippen LogP contribution in [0.4, 0.5) is 5.82 Å². The fourth-order valence-electron chi connectivity index (χ4n) is 3.08. The molecule has 1 amide bonds. The molecule has 1 fully saturated rings. The maximum Gasteiger partial charge on any atom is 0.225 e. The van der Waals surface area contributed by atoms with E-state index in [1.807, 2.05) is 18.2 Å². The highest BCUT2D eigenvalue weighted by molar-refractivity contribution is 5.90. The van der Waals surface area contributed by atoms with E-state index in [0.29, 0.717) is 12.2 Å². The van der Waals surface area contributed by atoms with E-state index in [1.165, 1.54) is 32.1 Å². The lowest BCUT2D eigenvalue weighted by Crippen LogP contribution is -2.15. The molecule has 5 nitrogen and oxygen atoms in total. The highest BCUT2D eigenvalue weighted by Gasteiger charge is 2.15. The van der Waals surface area contributed by atoms with Gasteiger partial charge in [0.15, 0.2) is 5.82 Å². The number of aromatic nitrogens is 3. The third-order valence-corrected chi connectivity index (χ3v) is 4.34. The van der Waals surface area contributed by atoms with E-state index in [9.17, 15) is 4.79 Å². The van der Waals surface area contributed by atoms with Crippen LogP contribution in [-0.2, 0) is 4.79 Å². The minimum atomic E-state index is 0.0540. The van der Waals surface area contributed by atoms with Crippen LogP contribution in [0, 0.1) is 5.92 Å². The van der Waals surface area contributed by atoms with Crippen molar-refractivity contribution in [3.8, 4) is 11.3 Å². The standard InChI is InChI=1S/C17H22N4O/c22-17(7-6-13-4-2-1-3-5-13)19-16-12-15(20-21-16)14-8-10-18-11-9-14/h8-13H,1-7H2,(H2,19,20,21,22). The number of pyridine rings is 1. The first-order chi connectivity index (χ1) is 10.8. The molecular weight excluding hydrogens is 276 g/mol. The zero-order valence-corrected chi connectivity index (χ0v) is 12.7. The zero-order chi connectivity index (χ0) is 15.2. The number of carbonyl (C=O) groups is 1. The van der Waals surface area contributed by atoms with Gasteiger partial charge in [-0.25, -0.2) is 0 Å². The molecule has 2 aromatic rings. The van der Waals surface area contributed by atoms with E-state index in [-0.39, 0.29) is 5.91 Å². The number of nitrogens with one attached hydrogen (secondary N) is 2. The van der Waals surface area contributed by atoms with Crippen LogP contribution in [0.3, 0.4) is 0 Å². The molecule has 0 aliphatic heterocycles. The van der Waals surface area contributed by atoms with E-state index >= 15 is 0 Å². The quantitative estimate of drug-likeness (QED) is 0.882. The van der Waals surface area contributed by atoms with Gasteiger partial charge in [-0.2, -0.15) is 5.10 Å². The number of aromatic amines is 1. The first-order valence-electron chi connectivity index (χ1n) is 8.07. The van der Waals surface area contributed by atoms with Gasteiger partial charge in [-0.15, -0.1) is 0 Å². The van der Waals surface area contributed by atoms with Crippen molar-refractivity contribution in [1.82, 2.24) is 15.2 Å². The fraction of sp³-hybridized carbons (Fsp3) is 0.471. The van der Waals surface area contributed by atoms with Gasteiger partial charge in [0.2, 0.25) is 5.91 Å². The van der Waals surface area contributed by atoms with Gasteiger partial charge in [-0.3, -0.25) is 14.9 Å². The summed E-state index contributed by atoms with van der Waals surface area (Å²) in [4.78, 5) is 16.0. The maximum atomic E-state index is 12.0. The molecule has 5 heteroatoms. The summed E-state index contributed by atoms with van der Waals surface area (Å²) in [5.41, 5.74) is 1.88. The minimum Gasteiger partial charge on any atom is -0.309 e. The zero-order valence-electron chi connectivity index (χ0n) is 12.7. The van der Waals surface area contributed by atoms with Gasteiger partial charge < -0.3 is 5.32 Å². The van der Waals surface area contributed by atoms with Crippen LogP contribution in [0.2, 0.25) is 0 Å². The molecule has 116 valence electrons. The molecule has 1 aliphatic carbocycles. The van der Waals surface area contributed by atoms with E-state index in [0.717, 1.165) is 23.6 Å². The third-order valence-electron chi connectivity index (χ3n) is 4.34. The molecule has 0 unspecified atom stereocenters. The molecule has 22 heavy (non-hydrogen) atoms. The maximum absolute atomic E-state index is 12.0. The summed E-state index contributed by atoms with van der Waals surface area (Å²) >= 11 is 0. The smallest absolute Gasteiger partial charge is 0.225 e. The number of hydrogen-bond donors (Lipinski definition) is 2. The Morgan fingerprint density at radius 2 is 2.00 bits per heavy atom. The summed E-state index contributed by atoms with van der Waals surface area (Å²) in [5.74, 6) is 1.37. The third kappa shape index (κ3) is 3.93. The summed E-state index contributed by atoms with van der Waals surface area (Å²) in [6.45, 7) is 0. The summed E-state index contributed by atoms with van der Waals surface area (Å²) in [6, 6.07) is 5.66. The van der Waals surface area contributed by atoms with Crippen molar-refractivity contribution in [3.05, 3.63) is 30.6 Å². The lowest BCUT2D eigenvalue weighted by molar-refractivity contribution is -0.116. The van der Waals surface area contributed by atoms with Gasteiger partial charge in [0.25, 0.3) is 0 Å². The highest BCUT2D eigenvalue weighted by atomic mass is 16.1. The average Bonchev–Trinajstić information content (AvgIpc) is 3.03. The molecule has 2 aromatic heterocycles. The highest BCUT2D eigenvalue weighted by Crippen LogP contribution is 2.27. The van der Waals surface area contributed by atoms with Crippen LogP contribution in [0.1, 0.15) is 44.9 Å². The van der Waals surface area contributed by atoms with Gasteiger partial charge >= 0.3 is 0 Å². The Morgan fingerprint density at radius 1 is 1.23 bits per heavy atom. The van der Waals surface area contributed by atoms with Crippen LogP contribution < -0.4 is 5.32 Å². The van der Waals surface area contributed by atoms with Crippen molar-refractivity contribution in [2.24, 2.45) is 5.92 Å². The molecule has 0 atom stereocenters. The summed E-state index contributed by atoms with van der Waals surface area (Å²) in [7, 11) is 0. The monoisotopic (exact) mass is 298 g/mol. The predicted molar refractivity (Wildman–Crippen MR) is 86.3 cm³/mol. The Hall–Kier alpha value is -2.17. The average molecular weight is 298 g/mol. The van der Waals surface area contributed by atoms with Crippen LogP contribution in [0.5, 0.6) is 0 Å². The molecule has 1 saturated carbocycles. The lowest BCUT2D eigenvalue weighted by atomic mass is 9.86.